The van der Waals surface area contributed by atoms with E-state index >= 15 is 0 Å². The van der Waals surface area contributed by atoms with E-state index in [0.717, 1.165) is 24.2 Å². The van der Waals surface area contributed by atoms with Crippen molar-refractivity contribution in [3.05, 3.63) is 76.6 Å². The van der Waals surface area contributed by atoms with Crippen molar-refractivity contribution in [1.82, 2.24) is 10.2 Å². The van der Waals surface area contributed by atoms with Gasteiger partial charge in [0.25, 0.3) is 11.8 Å². The third-order valence-corrected chi connectivity index (χ3v) is 6.76. The number of hydrogen-bond donors (Lipinski definition) is 2. The fraction of sp³-hybridized carbons (Fsp3) is 0.360. The van der Waals surface area contributed by atoms with E-state index in [2.05, 4.69) is 11.4 Å². The molecule has 4 heterocycles. The number of ether oxygens (including phenoxy) is 1. The number of nitrogens with zero attached hydrogens (tertiary/aromatic N) is 1. The minimum Gasteiger partial charge on any atom is -0.492 e. The molecule has 33 heavy (non-hydrogen) atoms. The maximum absolute atomic E-state index is 13.0. The topological polar surface area (TPSA) is 111 Å². The highest BCUT2D eigenvalue weighted by Crippen LogP contribution is 2.46. The lowest BCUT2D eigenvalue weighted by molar-refractivity contribution is 0.0613. The van der Waals surface area contributed by atoms with Gasteiger partial charge in [0.15, 0.2) is 5.76 Å². The molecule has 8 nitrogen and oxygen atoms in total. The largest absolute Gasteiger partial charge is 0.492 e. The Kier molecular flexibility index (Phi) is 5.46. The van der Waals surface area contributed by atoms with E-state index in [1.807, 2.05) is 17.0 Å². The number of aryl methyl sites for hydroxylation is 1. The van der Waals surface area contributed by atoms with E-state index in [1.165, 1.54) is 11.8 Å². The number of hydrogen-bond acceptors (Lipinski definition) is 6. The van der Waals surface area contributed by atoms with Gasteiger partial charge in [-0.15, -0.1) is 0 Å². The summed E-state index contributed by atoms with van der Waals surface area (Å²) in [6.45, 7) is 4.31. The summed E-state index contributed by atoms with van der Waals surface area (Å²) in [5.74, 6) is 1.90. The number of likely N-dealkylation sites (tertiary alicyclic amines) is 1. The SMILES string of the molecule is Cc1occc1C(=O)NCc1ccc(C(=O)N2CCC3(CC2)COc2ccc(CN)cc23)o1. The Hall–Kier alpha value is -3.52. The summed E-state index contributed by atoms with van der Waals surface area (Å²) in [5.41, 5.74) is 8.54. The third kappa shape index (κ3) is 3.91. The molecule has 1 fully saturated rings. The van der Waals surface area contributed by atoms with Gasteiger partial charge in [0.05, 0.1) is 25.0 Å². The zero-order valence-corrected chi connectivity index (χ0v) is 18.6. The second-order valence-electron chi connectivity index (χ2n) is 8.73. The zero-order valence-electron chi connectivity index (χ0n) is 18.6. The Morgan fingerprint density at radius 1 is 1.15 bits per heavy atom. The van der Waals surface area contributed by atoms with Gasteiger partial charge in [0.1, 0.15) is 17.3 Å². The molecule has 0 saturated carbocycles. The van der Waals surface area contributed by atoms with E-state index < -0.39 is 0 Å². The molecule has 1 saturated heterocycles. The molecular formula is C25H27N3O5. The molecule has 1 aromatic carbocycles. The number of furan rings is 2. The molecule has 1 spiro atoms. The number of nitrogens with two attached hydrogens (primary N) is 1. The number of piperidine rings is 1. The van der Waals surface area contributed by atoms with Crippen LogP contribution in [0.2, 0.25) is 0 Å². The quantitative estimate of drug-likeness (QED) is 0.619. The fourth-order valence-electron chi connectivity index (χ4n) is 4.72. The smallest absolute Gasteiger partial charge is 0.289 e. The van der Waals surface area contributed by atoms with Crippen molar-refractivity contribution in [2.24, 2.45) is 5.73 Å². The number of benzene rings is 1. The predicted octanol–water partition coefficient (Wildman–Crippen LogP) is 3.14. The second-order valence-corrected chi connectivity index (χ2v) is 8.73. The molecule has 3 N–H and O–H groups in total. The lowest BCUT2D eigenvalue weighted by Crippen LogP contribution is -2.46. The molecule has 3 aromatic rings. The standard InChI is InChI=1S/C25H27N3O5/c1-16-19(6-11-31-16)23(29)27-14-18-3-5-22(33-18)24(30)28-9-7-25(8-10-28)15-32-21-4-2-17(13-26)12-20(21)25/h2-6,11-12H,7-10,13-15,26H2,1H3,(H,27,29). The maximum atomic E-state index is 13.0. The maximum Gasteiger partial charge on any atom is 0.289 e. The van der Waals surface area contributed by atoms with Crippen LogP contribution in [0.4, 0.5) is 0 Å². The average Bonchev–Trinajstić information content (AvgIpc) is 3.57. The number of nitrogens with one attached hydrogen (secondary N) is 1. The monoisotopic (exact) mass is 449 g/mol. The van der Waals surface area contributed by atoms with Gasteiger partial charge in [0, 0.05) is 30.6 Å². The van der Waals surface area contributed by atoms with Crippen LogP contribution in [0.1, 0.15) is 56.4 Å². The van der Waals surface area contributed by atoms with E-state index in [9.17, 15) is 9.59 Å². The minimum atomic E-state index is -0.247. The number of carbonyl (C=O) groups is 2. The Bertz CT molecular complexity index is 1190. The van der Waals surface area contributed by atoms with Gasteiger partial charge < -0.3 is 29.5 Å². The van der Waals surface area contributed by atoms with Crippen LogP contribution >= 0.6 is 0 Å². The highest BCUT2D eigenvalue weighted by molar-refractivity contribution is 5.95. The molecule has 2 aliphatic heterocycles. The molecule has 0 aliphatic carbocycles. The normalized spacial score (nSPS) is 16.5. The summed E-state index contributed by atoms with van der Waals surface area (Å²) in [7, 11) is 0. The first-order chi connectivity index (χ1) is 16.0. The number of amides is 2. The van der Waals surface area contributed by atoms with E-state index in [1.54, 1.807) is 25.1 Å². The molecule has 5 rings (SSSR count). The predicted molar refractivity (Wildman–Crippen MR) is 120 cm³/mol. The molecule has 2 amide bonds. The fourth-order valence-corrected chi connectivity index (χ4v) is 4.72. The van der Waals surface area contributed by atoms with Crippen molar-refractivity contribution < 1.29 is 23.2 Å². The van der Waals surface area contributed by atoms with Crippen molar-refractivity contribution in [2.75, 3.05) is 19.7 Å². The third-order valence-electron chi connectivity index (χ3n) is 6.76. The Balaban J connectivity index is 1.20. The summed E-state index contributed by atoms with van der Waals surface area (Å²) in [5, 5.41) is 2.79. The van der Waals surface area contributed by atoms with Crippen molar-refractivity contribution in [2.45, 2.75) is 38.3 Å². The van der Waals surface area contributed by atoms with Crippen molar-refractivity contribution in [3.8, 4) is 5.75 Å². The number of carbonyl (C=O) groups excluding carboxylic acids is 2. The lowest BCUT2D eigenvalue weighted by Gasteiger charge is -2.38. The van der Waals surface area contributed by atoms with Gasteiger partial charge in [0.2, 0.25) is 0 Å². The van der Waals surface area contributed by atoms with Crippen LogP contribution in [0.3, 0.4) is 0 Å². The van der Waals surface area contributed by atoms with Crippen LogP contribution in [-0.4, -0.2) is 36.4 Å². The lowest BCUT2D eigenvalue weighted by atomic mass is 9.74. The minimum absolute atomic E-state index is 0.0683. The van der Waals surface area contributed by atoms with E-state index in [0.29, 0.717) is 43.3 Å². The van der Waals surface area contributed by atoms with Gasteiger partial charge in [-0.05, 0) is 49.6 Å². The summed E-state index contributed by atoms with van der Waals surface area (Å²) >= 11 is 0. The first-order valence-corrected chi connectivity index (χ1v) is 11.2. The Morgan fingerprint density at radius 3 is 2.70 bits per heavy atom. The van der Waals surface area contributed by atoms with Crippen molar-refractivity contribution in [1.29, 1.82) is 0 Å². The van der Waals surface area contributed by atoms with Crippen LogP contribution in [-0.2, 0) is 18.5 Å². The first-order valence-electron chi connectivity index (χ1n) is 11.2. The zero-order chi connectivity index (χ0) is 23.0. The molecule has 2 aromatic heterocycles. The highest BCUT2D eigenvalue weighted by Gasteiger charge is 2.44. The summed E-state index contributed by atoms with van der Waals surface area (Å²) < 4.78 is 16.8. The van der Waals surface area contributed by atoms with Crippen LogP contribution < -0.4 is 15.8 Å². The molecule has 172 valence electrons. The van der Waals surface area contributed by atoms with Gasteiger partial charge in [-0.3, -0.25) is 9.59 Å². The van der Waals surface area contributed by atoms with Gasteiger partial charge >= 0.3 is 0 Å². The van der Waals surface area contributed by atoms with Crippen LogP contribution in [0.5, 0.6) is 5.75 Å². The summed E-state index contributed by atoms with van der Waals surface area (Å²) in [6, 6.07) is 11.2. The van der Waals surface area contributed by atoms with Crippen molar-refractivity contribution >= 4 is 11.8 Å². The molecule has 0 unspecified atom stereocenters. The molecule has 2 aliphatic rings. The van der Waals surface area contributed by atoms with E-state index in [-0.39, 0.29) is 29.5 Å². The average molecular weight is 450 g/mol. The van der Waals surface area contributed by atoms with Crippen LogP contribution in [0, 0.1) is 6.92 Å². The first kappa shape index (κ1) is 21.3. The van der Waals surface area contributed by atoms with Gasteiger partial charge in [-0.1, -0.05) is 12.1 Å². The molecular weight excluding hydrogens is 422 g/mol. The van der Waals surface area contributed by atoms with Crippen LogP contribution in [0.15, 0.2) is 51.5 Å². The molecule has 8 heteroatoms. The molecule has 0 radical (unpaired) electrons. The molecule has 0 atom stereocenters. The second kappa shape index (κ2) is 8.44. The summed E-state index contributed by atoms with van der Waals surface area (Å²) in [4.78, 5) is 27.1. The molecule has 0 bridgehead atoms. The highest BCUT2D eigenvalue weighted by atomic mass is 16.5. The Labute approximate surface area is 191 Å². The van der Waals surface area contributed by atoms with Gasteiger partial charge in [-0.2, -0.15) is 0 Å². The van der Waals surface area contributed by atoms with Crippen molar-refractivity contribution in [3.63, 3.8) is 0 Å². The number of fused-ring (bicyclic) bond motifs is 2. The summed E-state index contributed by atoms with van der Waals surface area (Å²) in [6.07, 6.45) is 3.13. The van der Waals surface area contributed by atoms with Crippen LogP contribution in [0.25, 0.3) is 0 Å². The number of rotatable bonds is 5. The van der Waals surface area contributed by atoms with E-state index in [4.69, 9.17) is 19.3 Å². The van der Waals surface area contributed by atoms with Gasteiger partial charge in [-0.25, -0.2) is 0 Å². The Morgan fingerprint density at radius 2 is 1.97 bits per heavy atom.